The molecule has 0 N–H and O–H groups in total. The quantitative estimate of drug-likeness (QED) is 0.452. The molecule has 1 aliphatic rings. The average Bonchev–Trinajstić information content (AvgIpc) is 3.23. The molecule has 0 bridgehead atoms. The molecule has 134 valence electrons. The van der Waals surface area contributed by atoms with Crippen molar-refractivity contribution in [3.63, 3.8) is 0 Å². The lowest BCUT2D eigenvalue weighted by Gasteiger charge is -2.01. The predicted molar refractivity (Wildman–Crippen MR) is 112 cm³/mol. The van der Waals surface area contributed by atoms with Crippen molar-refractivity contribution < 1.29 is 9.21 Å². The Balaban J connectivity index is 1.57. The second-order valence-electron chi connectivity index (χ2n) is 6.02. The van der Waals surface area contributed by atoms with E-state index >= 15 is 0 Å². The van der Waals surface area contributed by atoms with Crippen molar-refractivity contribution in [3.8, 4) is 11.3 Å². The summed E-state index contributed by atoms with van der Waals surface area (Å²) in [5, 5.41) is 1.76. The lowest BCUT2D eigenvalue weighted by Crippen LogP contribution is -1.90. The monoisotopic (exact) mass is 413 g/mol. The fourth-order valence-corrected chi connectivity index (χ4v) is 4.02. The van der Waals surface area contributed by atoms with Crippen LogP contribution in [-0.4, -0.2) is 11.0 Å². The predicted octanol–water partition coefficient (Wildman–Crippen LogP) is 6.62. The van der Waals surface area contributed by atoms with Crippen LogP contribution in [0.2, 0.25) is 10.0 Å². The number of rotatable bonds is 3. The van der Waals surface area contributed by atoms with Crippen LogP contribution in [0.5, 0.6) is 0 Å². The number of aryl methyl sites for hydroxylation is 1. The summed E-state index contributed by atoms with van der Waals surface area (Å²) in [5.41, 5.74) is 2.83. The summed E-state index contributed by atoms with van der Waals surface area (Å²) >= 11 is 13.5. The van der Waals surface area contributed by atoms with Crippen LogP contribution in [0.3, 0.4) is 0 Å². The second kappa shape index (κ2) is 7.39. The van der Waals surface area contributed by atoms with Crippen LogP contribution in [-0.2, 0) is 4.79 Å². The third-order valence-electron chi connectivity index (χ3n) is 4.02. The maximum absolute atomic E-state index is 12.2. The highest BCUT2D eigenvalue weighted by molar-refractivity contribution is 8.19. The minimum atomic E-state index is -0.266. The highest BCUT2D eigenvalue weighted by Crippen LogP contribution is 2.35. The number of halogens is 2. The van der Waals surface area contributed by atoms with E-state index in [1.807, 2.05) is 37.3 Å². The van der Waals surface area contributed by atoms with Crippen molar-refractivity contribution in [1.29, 1.82) is 0 Å². The van der Waals surface area contributed by atoms with E-state index in [1.165, 1.54) is 11.8 Å². The first-order valence-corrected chi connectivity index (χ1v) is 9.72. The number of amides is 1. The minimum Gasteiger partial charge on any atom is -0.457 e. The summed E-state index contributed by atoms with van der Waals surface area (Å²) in [4.78, 5) is 16.9. The molecule has 0 unspecified atom stereocenters. The van der Waals surface area contributed by atoms with E-state index in [4.69, 9.17) is 27.6 Å². The largest absolute Gasteiger partial charge is 0.457 e. The molecule has 6 heteroatoms. The zero-order valence-corrected chi connectivity index (χ0v) is 16.5. The van der Waals surface area contributed by atoms with Gasteiger partial charge in [0.25, 0.3) is 5.91 Å². The normalized spacial score (nSPS) is 15.4. The third kappa shape index (κ3) is 3.88. The fraction of sp³-hybridized carbons (Fsp3) is 0.0476. The summed E-state index contributed by atoms with van der Waals surface area (Å²) in [6.45, 7) is 2.02. The minimum absolute atomic E-state index is 0.266. The summed E-state index contributed by atoms with van der Waals surface area (Å²) in [7, 11) is 0. The van der Waals surface area contributed by atoms with Crippen LogP contribution < -0.4 is 0 Å². The van der Waals surface area contributed by atoms with Gasteiger partial charge in [-0.3, -0.25) is 4.79 Å². The molecule has 0 aliphatic carbocycles. The Hall–Kier alpha value is -2.27. The van der Waals surface area contributed by atoms with Gasteiger partial charge >= 0.3 is 0 Å². The Labute approximate surface area is 170 Å². The summed E-state index contributed by atoms with van der Waals surface area (Å²) in [5.74, 6) is 0.906. The van der Waals surface area contributed by atoms with Gasteiger partial charge in [-0.15, -0.1) is 0 Å². The van der Waals surface area contributed by atoms with E-state index < -0.39 is 0 Å². The van der Waals surface area contributed by atoms with E-state index in [1.54, 1.807) is 30.3 Å². The van der Waals surface area contributed by atoms with Gasteiger partial charge in [0.15, 0.2) is 0 Å². The molecule has 1 aliphatic heterocycles. The molecule has 3 aromatic rings. The van der Waals surface area contributed by atoms with Gasteiger partial charge in [-0.25, -0.2) is 4.99 Å². The molecule has 0 atom stereocenters. The Kier molecular flexibility index (Phi) is 4.96. The number of furan rings is 1. The van der Waals surface area contributed by atoms with E-state index in [2.05, 4.69) is 4.99 Å². The topological polar surface area (TPSA) is 42.6 Å². The number of carbonyl (C=O) groups is 1. The zero-order valence-electron chi connectivity index (χ0n) is 14.2. The average molecular weight is 414 g/mol. The van der Waals surface area contributed by atoms with Crippen molar-refractivity contribution >= 4 is 52.0 Å². The van der Waals surface area contributed by atoms with Gasteiger partial charge in [0.05, 0.1) is 9.93 Å². The molecule has 2 aromatic carbocycles. The molecular weight excluding hydrogens is 401 g/mol. The standard InChI is InChI=1S/C21H13Cl2NO2S/c1-12-2-4-13(5-3-12)21-24-20(25)19(27-21)11-15-7-9-18(26-15)16-8-6-14(22)10-17(16)23/h2-11H,1H3/b19-11-. The summed E-state index contributed by atoms with van der Waals surface area (Å²) in [6, 6.07) is 16.7. The number of hydrogen-bond donors (Lipinski definition) is 0. The number of carbonyl (C=O) groups excluding carboxylic acids is 1. The van der Waals surface area contributed by atoms with E-state index in [9.17, 15) is 4.79 Å². The molecule has 4 rings (SSSR count). The van der Waals surface area contributed by atoms with E-state index in [0.717, 1.165) is 16.7 Å². The molecule has 1 aromatic heterocycles. The highest BCUT2D eigenvalue weighted by atomic mass is 35.5. The van der Waals surface area contributed by atoms with Crippen LogP contribution in [0.4, 0.5) is 0 Å². The Bertz CT molecular complexity index is 1100. The number of benzene rings is 2. The maximum Gasteiger partial charge on any atom is 0.285 e. The first-order chi connectivity index (χ1) is 13.0. The van der Waals surface area contributed by atoms with E-state index in [-0.39, 0.29) is 5.91 Å². The summed E-state index contributed by atoms with van der Waals surface area (Å²) < 4.78 is 5.84. The Morgan fingerprint density at radius 3 is 2.56 bits per heavy atom. The van der Waals surface area contributed by atoms with Gasteiger partial charge in [0.1, 0.15) is 16.6 Å². The van der Waals surface area contributed by atoms with Crippen molar-refractivity contribution in [2.45, 2.75) is 6.92 Å². The number of aliphatic imine (C=N–C) groups is 1. The third-order valence-corrected chi connectivity index (χ3v) is 5.60. The Morgan fingerprint density at radius 1 is 1.04 bits per heavy atom. The molecule has 3 nitrogen and oxygen atoms in total. The number of thioether (sulfide) groups is 1. The van der Waals surface area contributed by atoms with Crippen molar-refractivity contribution in [2.24, 2.45) is 4.99 Å². The van der Waals surface area contributed by atoms with Crippen molar-refractivity contribution in [2.75, 3.05) is 0 Å². The van der Waals surface area contributed by atoms with Gasteiger partial charge in [0.2, 0.25) is 0 Å². The van der Waals surface area contributed by atoms with Gasteiger partial charge in [-0.2, -0.15) is 0 Å². The highest BCUT2D eigenvalue weighted by Gasteiger charge is 2.23. The van der Waals surface area contributed by atoms with E-state index in [0.29, 0.717) is 31.5 Å². The van der Waals surface area contributed by atoms with Crippen LogP contribution in [0, 0.1) is 6.92 Å². The first kappa shape index (κ1) is 18.1. The second-order valence-corrected chi connectivity index (χ2v) is 7.90. The van der Waals surface area contributed by atoms with Crippen LogP contribution >= 0.6 is 35.0 Å². The smallest absolute Gasteiger partial charge is 0.285 e. The molecule has 0 spiro atoms. The van der Waals surface area contributed by atoms with Crippen LogP contribution in [0.15, 0.2) is 68.9 Å². The van der Waals surface area contributed by atoms with Crippen molar-refractivity contribution in [3.05, 3.63) is 86.4 Å². The Morgan fingerprint density at radius 2 is 1.81 bits per heavy atom. The molecular formula is C21H13Cl2NO2S. The van der Waals surface area contributed by atoms with Crippen LogP contribution in [0.25, 0.3) is 17.4 Å². The maximum atomic E-state index is 12.2. The van der Waals surface area contributed by atoms with Gasteiger partial charge in [-0.1, -0.05) is 64.8 Å². The van der Waals surface area contributed by atoms with Crippen LogP contribution in [0.1, 0.15) is 16.9 Å². The lowest BCUT2D eigenvalue weighted by molar-refractivity contribution is -0.113. The van der Waals surface area contributed by atoms with Crippen molar-refractivity contribution in [1.82, 2.24) is 0 Å². The lowest BCUT2D eigenvalue weighted by atomic mass is 10.2. The number of hydrogen-bond acceptors (Lipinski definition) is 3. The molecule has 2 heterocycles. The molecule has 1 amide bonds. The van der Waals surface area contributed by atoms with Gasteiger partial charge in [0, 0.05) is 22.2 Å². The molecule has 0 radical (unpaired) electrons. The fourth-order valence-electron chi connectivity index (χ4n) is 2.62. The first-order valence-electron chi connectivity index (χ1n) is 8.14. The molecule has 27 heavy (non-hydrogen) atoms. The van der Waals surface area contributed by atoms with Gasteiger partial charge < -0.3 is 4.42 Å². The molecule has 0 saturated carbocycles. The SMILES string of the molecule is Cc1ccc(C2=NC(=O)/C(=C/c3ccc(-c4ccc(Cl)cc4Cl)o3)S2)cc1. The molecule has 0 saturated heterocycles. The zero-order chi connectivity index (χ0) is 19.0. The molecule has 0 fully saturated rings. The number of nitrogens with zero attached hydrogens (tertiary/aromatic N) is 1. The summed E-state index contributed by atoms with van der Waals surface area (Å²) in [6.07, 6.45) is 1.70. The van der Waals surface area contributed by atoms with Gasteiger partial charge in [-0.05, 0) is 37.3 Å².